The number of aliphatic hydroxyl groups is 1. The van der Waals surface area contributed by atoms with Gasteiger partial charge in [-0.1, -0.05) is 34.8 Å². The van der Waals surface area contributed by atoms with Crippen LogP contribution in [0.2, 0.25) is 0 Å². The van der Waals surface area contributed by atoms with E-state index in [-0.39, 0.29) is 36.4 Å². The topological polar surface area (TPSA) is 106 Å². The molecule has 1 spiro atoms. The van der Waals surface area contributed by atoms with Crippen molar-refractivity contribution in [1.82, 2.24) is 4.90 Å². The molecule has 0 aliphatic carbocycles. The predicted molar refractivity (Wildman–Crippen MR) is 145 cm³/mol. The number of nitrogens with zero attached hydrogens (tertiary/aromatic N) is 2. The number of carbonyl (C=O) groups is 3. The minimum Gasteiger partial charge on any atom is -0.497 e. The summed E-state index contributed by atoms with van der Waals surface area (Å²) in [4.78, 5) is 44.5. The van der Waals surface area contributed by atoms with Crippen molar-refractivity contribution in [2.24, 2.45) is 11.8 Å². The second-order valence-corrected chi connectivity index (χ2v) is 11.2. The van der Waals surface area contributed by atoms with Gasteiger partial charge in [0, 0.05) is 30.2 Å². The first-order valence-electron chi connectivity index (χ1n) is 13.3. The van der Waals surface area contributed by atoms with E-state index in [1.165, 1.54) is 0 Å². The summed E-state index contributed by atoms with van der Waals surface area (Å²) in [6, 6.07) is 6.26. The number of aliphatic hydroxyl groups excluding tert-OH is 1. The second kappa shape index (κ2) is 12.2. The Kier molecular flexibility index (Phi) is 9.15. The number of anilines is 1. The first-order chi connectivity index (χ1) is 18.3. The molecule has 0 saturated carbocycles. The molecule has 1 aromatic rings. The van der Waals surface area contributed by atoms with Crippen LogP contribution in [0.3, 0.4) is 0 Å². The number of hydrogen-bond acceptors (Lipinski definition) is 7. The summed E-state index contributed by atoms with van der Waals surface area (Å²) in [6.07, 6.45) is 4.54. The smallest absolute Gasteiger partial charge is 0.312 e. The van der Waals surface area contributed by atoms with Crippen LogP contribution in [0.25, 0.3) is 0 Å². The van der Waals surface area contributed by atoms with Crippen molar-refractivity contribution < 1.29 is 33.7 Å². The fourth-order valence-corrected chi connectivity index (χ4v) is 7.21. The molecule has 10 heteroatoms. The summed E-state index contributed by atoms with van der Waals surface area (Å²) >= 11 is 3.67. The highest BCUT2D eigenvalue weighted by molar-refractivity contribution is 9.09. The third-order valence-corrected chi connectivity index (χ3v) is 8.70. The summed E-state index contributed by atoms with van der Waals surface area (Å²) in [7, 11) is 1.58. The zero-order chi connectivity index (χ0) is 27.4. The monoisotopic (exact) mass is 592 g/mol. The molecule has 2 bridgehead atoms. The van der Waals surface area contributed by atoms with Crippen molar-refractivity contribution in [1.29, 1.82) is 0 Å². The molecule has 3 aliphatic heterocycles. The van der Waals surface area contributed by atoms with E-state index in [1.807, 2.05) is 0 Å². The molecule has 2 amide bonds. The largest absolute Gasteiger partial charge is 0.497 e. The Morgan fingerprint density at radius 1 is 1.26 bits per heavy atom. The lowest BCUT2D eigenvalue weighted by Gasteiger charge is -2.37. The lowest BCUT2D eigenvalue weighted by Crippen LogP contribution is -2.57. The zero-order valence-corrected chi connectivity index (χ0v) is 23.6. The normalized spacial score (nSPS) is 29.3. The van der Waals surface area contributed by atoms with Gasteiger partial charge in [0.1, 0.15) is 17.4 Å². The van der Waals surface area contributed by atoms with Crippen molar-refractivity contribution >= 4 is 39.4 Å². The Hall–Kier alpha value is -2.43. The Morgan fingerprint density at radius 2 is 1.97 bits per heavy atom. The number of unbranched alkanes of at least 4 members (excludes halogenated alkanes) is 3. The van der Waals surface area contributed by atoms with Crippen LogP contribution >= 0.6 is 15.9 Å². The average Bonchev–Trinajstić information content (AvgIpc) is 3.50. The number of halogens is 1. The molecule has 3 saturated heterocycles. The summed E-state index contributed by atoms with van der Waals surface area (Å²) in [5.41, 5.74) is -0.489. The Bertz CT molecular complexity index is 1030. The molecule has 3 fully saturated rings. The number of amides is 2. The van der Waals surface area contributed by atoms with E-state index in [2.05, 4.69) is 22.5 Å². The molecule has 6 atom stereocenters. The molecule has 4 rings (SSSR count). The number of ether oxygens (including phenoxy) is 3. The minimum absolute atomic E-state index is 0.121. The number of fused-ring (bicyclic) bond motifs is 1. The Balaban J connectivity index is 1.72. The highest BCUT2D eigenvalue weighted by atomic mass is 79.9. The van der Waals surface area contributed by atoms with Gasteiger partial charge < -0.3 is 29.1 Å². The van der Waals surface area contributed by atoms with E-state index in [9.17, 15) is 14.4 Å². The van der Waals surface area contributed by atoms with Gasteiger partial charge in [0.05, 0.1) is 31.7 Å². The standard InChI is InChI=1S/C28H37BrN2O7/c1-4-14-30(18-10-12-19(36-3)13-11-18)26(34)24-28-17-20(29)23(38-28)21(27(35)37-5-2)22(28)25(33)31(24)15-8-6-7-9-16-32/h4,10-13,20-24,32H,1,5-9,14-17H2,2-3H3/t20?,21-,22+,23-,24?,28?/m1/s1. The average molecular weight is 594 g/mol. The van der Waals surface area contributed by atoms with Gasteiger partial charge in [-0.15, -0.1) is 6.58 Å². The van der Waals surface area contributed by atoms with Crippen LogP contribution in [0, 0.1) is 11.8 Å². The van der Waals surface area contributed by atoms with Crippen LogP contribution in [-0.2, 0) is 23.9 Å². The van der Waals surface area contributed by atoms with Gasteiger partial charge in [-0.05, 0) is 50.5 Å². The van der Waals surface area contributed by atoms with E-state index >= 15 is 0 Å². The van der Waals surface area contributed by atoms with Crippen LogP contribution in [0.5, 0.6) is 5.75 Å². The Morgan fingerprint density at radius 3 is 2.61 bits per heavy atom. The van der Waals surface area contributed by atoms with Gasteiger partial charge in [0.15, 0.2) is 0 Å². The quantitative estimate of drug-likeness (QED) is 0.162. The van der Waals surface area contributed by atoms with Gasteiger partial charge in [0.2, 0.25) is 5.91 Å². The number of carbonyl (C=O) groups excluding carboxylic acids is 3. The van der Waals surface area contributed by atoms with E-state index < -0.39 is 35.6 Å². The highest BCUT2D eigenvalue weighted by Gasteiger charge is 2.77. The molecule has 3 heterocycles. The first kappa shape index (κ1) is 28.6. The van der Waals surface area contributed by atoms with Crippen LogP contribution in [-0.4, -0.2) is 83.8 Å². The van der Waals surface area contributed by atoms with Crippen LogP contribution in [0.1, 0.15) is 39.0 Å². The van der Waals surface area contributed by atoms with Gasteiger partial charge >= 0.3 is 5.97 Å². The minimum atomic E-state index is -1.14. The number of rotatable bonds is 13. The van der Waals surface area contributed by atoms with Gasteiger partial charge in [0.25, 0.3) is 5.91 Å². The van der Waals surface area contributed by atoms with E-state index in [0.29, 0.717) is 37.2 Å². The fourth-order valence-electron chi connectivity index (χ4n) is 6.27. The van der Waals surface area contributed by atoms with Crippen molar-refractivity contribution in [3.8, 4) is 5.75 Å². The van der Waals surface area contributed by atoms with Crippen molar-refractivity contribution in [2.75, 3.05) is 38.3 Å². The maximum absolute atomic E-state index is 14.4. The van der Waals surface area contributed by atoms with E-state index in [0.717, 1.165) is 12.8 Å². The molecule has 3 aliphatic rings. The summed E-state index contributed by atoms with van der Waals surface area (Å²) in [5.74, 6) is -1.87. The molecule has 0 radical (unpaired) electrons. The molecule has 208 valence electrons. The lowest BCUT2D eigenvalue weighted by molar-refractivity contribution is -0.154. The zero-order valence-electron chi connectivity index (χ0n) is 22.0. The number of methoxy groups -OCH3 is 1. The van der Waals surface area contributed by atoms with E-state index in [4.69, 9.17) is 19.3 Å². The third-order valence-electron chi connectivity index (χ3n) is 7.85. The summed E-state index contributed by atoms with van der Waals surface area (Å²) in [6.45, 7) is 6.50. The lowest BCUT2D eigenvalue weighted by atomic mass is 9.70. The molecule has 38 heavy (non-hydrogen) atoms. The highest BCUT2D eigenvalue weighted by Crippen LogP contribution is 2.60. The number of benzene rings is 1. The van der Waals surface area contributed by atoms with Crippen LogP contribution < -0.4 is 9.64 Å². The van der Waals surface area contributed by atoms with Gasteiger partial charge in [-0.3, -0.25) is 14.4 Å². The second-order valence-electron chi connectivity index (χ2n) is 10.0. The fraction of sp³-hybridized carbons (Fsp3) is 0.607. The van der Waals surface area contributed by atoms with Crippen molar-refractivity contribution in [2.45, 2.75) is 61.6 Å². The maximum atomic E-state index is 14.4. The Labute approximate surface area is 232 Å². The molecule has 3 unspecified atom stereocenters. The maximum Gasteiger partial charge on any atom is 0.312 e. The summed E-state index contributed by atoms with van der Waals surface area (Å²) in [5, 5.41) is 9.12. The SMILES string of the molecule is C=CCN(C(=O)C1N(CCCCCCO)C(=O)[C@@H]2[C@@H](C(=O)OCC)[C@@H]3OC12CC3Br)c1ccc(OC)cc1. The molecule has 1 N–H and O–H groups in total. The molecule has 0 aromatic heterocycles. The molecule has 1 aromatic carbocycles. The number of likely N-dealkylation sites (tertiary alicyclic amines) is 1. The molecular weight excluding hydrogens is 556 g/mol. The third kappa shape index (κ3) is 4.98. The van der Waals surface area contributed by atoms with Crippen LogP contribution in [0.4, 0.5) is 5.69 Å². The van der Waals surface area contributed by atoms with Gasteiger partial charge in [-0.25, -0.2) is 0 Å². The first-order valence-corrected chi connectivity index (χ1v) is 14.2. The number of hydrogen-bond donors (Lipinski definition) is 1. The van der Waals surface area contributed by atoms with Crippen molar-refractivity contribution in [3.05, 3.63) is 36.9 Å². The van der Waals surface area contributed by atoms with Crippen molar-refractivity contribution in [3.63, 3.8) is 0 Å². The van der Waals surface area contributed by atoms with Crippen LogP contribution in [0.15, 0.2) is 36.9 Å². The molecule has 9 nitrogen and oxygen atoms in total. The number of alkyl halides is 1. The van der Waals surface area contributed by atoms with E-state index in [1.54, 1.807) is 54.2 Å². The predicted octanol–water partition coefficient (Wildman–Crippen LogP) is 3.08. The summed E-state index contributed by atoms with van der Waals surface area (Å²) < 4.78 is 17.2. The molecular formula is C28H37BrN2O7. The van der Waals surface area contributed by atoms with Gasteiger partial charge in [-0.2, -0.15) is 0 Å². The number of esters is 1.